The fraction of sp³-hybridized carbons (Fsp3) is 0.185. The molecule has 1 saturated heterocycles. The molecule has 3 heterocycles. The minimum atomic E-state index is -3.38. The number of anilines is 2. The zero-order chi connectivity index (χ0) is 26.3. The van der Waals surface area contributed by atoms with Gasteiger partial charge in [-0.2, -0.15) is 0 Å². The van der Waals surface area contributed by atoms with Crippen LogP contribution in [0.5, 0.6) is 0 Å². The molecule has 0 saturated carbocycles. The zero-order valence-corrected chi connectivity index (χ0v) is 22.9. The molecule has 0 radical (unpaired) electrons. The Morgan fingerprint density at radius 1 is 1.03 bits per heavy atom. The number of hydrogen-bond donors (Lipinski definition) is 2. The predicted octanol–water partition coefficient (Wildman–Crippen LogP) is 5.69. The molecular formula is C27H26ClN5O2S2. The molecule has 0 amide bonds. The number of nitrogens with one attached hydrogen (secondary N) is 2. The van der Waals surface area contributed by atoms with E-state index in [-0.39, 0.29) is 12.1 Å². The number of thiocarbonyl (C=S) groups is 1. The van der Waals surface area contributed by atoms with Crippen molar-refractivity contribution in [2.24, 2.45) is 0 Å². The second-order valence-corrected chi connectivity index (χ2v) is 11.6. The lowest BCUT2D eigenvalue weighted by molar-refractivity contribution is 0.565. The summed E-state index contributed by atoms with van der Waals surface area (Å²) >= 11 is 12.4. The van der Waals surface area contributed by atoms with E-state index in [9.17, 15) is 8.42 Å². The number of hydrogen-bond acceptors (Lipinski definition) is 4. The number of aryl methyl sites for hydroxylation is 1. The first kappa shape index (κ1) is 25.3. The Morgan fingerprint density at radius 3 is 2.38 bits per heavy atom. The Morgan fingerprint density at radius 2 is 1.73 bits per heavy atom. The van der Waals surface area contributed by atoms with Gasteiger partial charge in [0.05, 0.1) is 34.7 Å². The van der Waals surface area contributed by atoms with E-state index in [2.05, 4.69) is 44.4 Å². The first-order chi connectivity index (χ1) is 17.6. The number of halogens is 1. The van der Waals surface area contributed by atoms with Crippen molar-refractivity contribution in [1.82, 2.24) is 14.9 Å². The fourth-order valence-corrected chi connectivity index (χ4v) is 6.07. The summed E-state index contributed by atoms with van der Waals surface area (Å²) in [6, 6.07) is 22.6. The van der Waals surface area contributed by atoms with Crippen molar-refractivity contribution in [3.05, 3.63) is 107 Å². The summed E-state index contributed by atoms with van der Waals surface area (Å²) in [5.74, 6) is 0. The number of rotatable bonds is 6. The highest BCUT2D eigenvalue weighted by atomic mass is 35.5. The molecular weight excluding hydrogens is 526 g/mol. The molecule has 1 aliphatic rings. The average Bonchev–Trinajstić information content (AvgIpc) is 3.35. The van der Waals surface area contributed by atoms with Crippen molar-refractivity contribution >= 4 is 50.3 Å². The van der Waals surface area contributed by atoms with Crippen molar-refractivity contribution < 1.29 is 8.42 Å². The van der Waals surface area contributed by atoms with E-state index in [0.29, 0.717) is 15.8 Å². The number of sulfonamides is 1. The van der Waals surface area contributed by atoms with E-state index in [4.69, 9.17) is 23.8 Å². The lowest BCUT2D eigenvalue weighted by atomic mass is 9.96. The Bertz CT molecular complexity index is 1570. The predicted molar refractivity (Wildman–Crippen MR) is 153 cm³/mol. The molecule has 4 aromatic rings. The van der Waals surface area contributed by atoms with Crippen LogP contribution in [0.1, 0.15) is 34.7 Å². The van der Waals surface area contributed by atoms with Crippen LogP contribution in [0.15, 0.2) is 79.0 Å². The number of benzene rings is 2. The zero-order valence-electron chi connectivity index (χ0n) is 20.5. The molecule has 2 aromatic heterocycles. The quantitative estimate of drug-likeness (QED) is 0.300. The van der Waals surface area contributed by atoms with Crippen molar-refractivity contribution in [1.29, 1.82) is 0 Å². The molecule has 0 spiro atoms. The molecule has 0 bridgehead atoms. The second-order valence-electron chi connectivity index (χ2n) is 9.03. The van der Waals surface area contributed by atoms with E-state index in [1.54, 1.807) is 18.3 Å². The minimum Gasteiger partial charge on any atom is -0.351 e. The van der Waals surface area contributed by atoms with Crippen molar-refractivity contribution in [3.8, 4) is 5.69 Å². The highest BCUT2D eigenvalue weighted by Gasteiger charge is 2.42. The van der Waals surface area contributed by atoms with Gasteiger partial charge >= 0.3 is 0 Å². The number of pyridine rings is 1. The monoisotopic (exact) mass is 551 g/mol. The summed E-state index contributed by atoms with van der Waals surface area (Å²) in [6.07, 6.45) is 2.90. The molecule has 10 heteroatoms. The summed E-state index contributed by atoms with van der Waals surface area (Å²) in [5.41, 5.74) is 6.28. The Kier molecular flexibility index (Phi) is 6.70. The van der Waals surface area contributed by atoms with Gasteiger partial charge in [0.15, 0.2) is 5.11 Å². The molecule has 2 atom stereocenters. The number of aromatic nitrogens is 2. The highest BCUT2D eigenvalue weighted by molar-refractivity contribution is 7.92. The van der Waals surface area contributed by atoms with Crippen molar-refractivity contribution in [3.63, 3.8) is 0 Å². The molecule has 1 fully saturated rings. The van der Waals surface area contributed by atoms with Crippen LogP contribution in [0.2, 0.25) is 5.02 Å². The van der Waals surface area contributed by atoms with Gasteiger partial charge in [0, 0.05) is 29.0 Å². The molecule has 2 aromatic carbocycles. The molecule has 0 aliphatic carbocycles. The van der Waals surface area contributed by atoms with E-state index < -0.39 is 10.0 Å². The van der Waals surface area contributed by atoms with Gasteiger partial charge in [0.1, 0.15) is 0 Å². The van der Waals surface area contributed by atoms with Crippen LogP contribution in [-0.2, 0) is 10.0 Å². The molecule has 190 valence electrons. The maximum Gasteiger partial charge on any atom is 0.229 e. The van der Waals surface area contributed by atoms with Crippen LogP contribution in [0.25, 0.3) is 5.69 Å². The standard InChI is InChI=1S/C27H26ClN5O2S2/c1-17-16-21(18(2)32(17)24-10-5-4-8-22(24)28)26-25(23-9-6-7-15-29-23)30-27(36)33(26)20-13-11-19(12-14-20)31-37(3,34)35/h4-16,25-26,31H,1-3H3,(H,30,36)/t25-,26-/m1/s1. The third-order valence-electron chi connectivity index (χ3n) is 6.43. The van der Waals surface area contributed by atoms with Crippen LogP contribution in [-0.4, -0.2) is 29.3 Å². The minimum absolute atomic E-state index is 0.206. The third kappa shape index (κ3) is 4.94. The Hall–Kier alpha value is -3.40. The second kappa shape index (κ2) is 9.81. The summed E-state index contributed by atoms with van der Waals surface area (Å²) < 4.78 is 28.0. The summed E-state index contributed by atoms with van der Waals surface area (Å²) in [6.45, 7) is 4.14. The summed E-state index contributed by atoms with van der Waals surface area (Å²) in [7, 11) is -3.38. The molecule has 37 heavy (non-hydrogen) atoms. The largest absolute Gasteiger partial charge is 0.351 e. The van der Waals surface area contributed by atoms with E-state index >= 15 is 0 Å². The van der Waals surface area contributed by atoms with Gasteiger partial charge in [-0.25, -0.2) is 8.42 Å². The normalized spacial score (nSPS) is 17.6. The van der Waals surface area contributed by atoms with Gasteiger partial charge in [-0.05, 0) is 86.2 Å². The maximum absolute atomic E-state index is 11.7. The van der Waals surface area contributed by atoms with Gasteiger partial charge in [-0.15, -0.1) is 0 Å². The molecule has 1 aliphatic heterocycles. The smallest absolute Gasteiger partial charge is 0.229 e. The lowest BCUT2D eigenvalue weighted by Crippen LogP contribution is -2.29. The van der Waals surface area contributed by atoms with Gasteiger partial charge in [0.2, 0.25) is 10.0 Å². The number of nitrogens with zero attached hydrogens (tertiary/aromatic N) is 3. The van der Waals surface area contributed by atoms with E-state index in [1.165, 1.54) is 0 Å². The van der Waals surface area contributed by atoms with Crippen molar-refractivity contribution in [2.75, 3.05) is 15.9 Å². The van der Waals surface area contributed by atoms with Crippen LogP contribution >= 0.6 is 23.8 Å². The first-order valence-corrected chi connectivity index (χ1v) is 14.3. The van der Waals surface area contributed by atoms with Gasteiger partial charge in [-0.3, -0.25) is 9.71 Å². The van der Waals surface area contributed by atoms with Gasteiger partial charge < -0.3 is 14.8 Å². The third-order valence-corrected chi connectivity index (χ3v) is 7.67. The van der Waals surface area contributed by atoms with E-state index in [0.717, 1.165) is 40.3 Å². The van der Waals surface area contributed by atoms with Crippen LogP contribution in [0.4, 0.5) is 11.4 Å². The summed E-state index contributed by atoms with van der Waals surface area (Å²) in [4.78, 5) is 6.70. The van der Waals surface area contributed by atoms with E-state index in [1.807, 2.05) is 54.6 Å². The Labute approximate surface area is 227 Å². The molecule has 0 unspecified atom stereocenters. The van der Waals surface area contributed by atoms with Crippen LogP contribution in [0.3, 0.4) is 0 Å². The van der Waals surface area contributed by atoms with Gasteiger partial charge in [-0.1, -0.05) is 29.8 Å². The summed E-state index contributed by atoms with van der Waals surface area (Å²) in [5, 5.41) is 4.71. The maximum atomic E-state index is 11.7. The Balaban J connectivity index is 1.64. The topological polar surface area (TPSA) is 79.3 Å². The lowest BCUT2D eigenvalue weighted by Gasteiger charge is -2.28. The highest BCUT2D eigenvalue weighted by Crippen LogP contribution is 2.44. The fourth-order valence-electron chi connectivity index (χ4n) is 4.94. The molecule has 5 rings (SSSR count). The van der Waals surface area contributed by atoms with Crippen LogP contribution in [0, 0.1) is 13.8 Å². The first-order valence-electron chi connectivity index (χ1n) is 11.7. The van der Waals surface area contributed by atoms with Crippen LogP contribution < -0.4 is 14.9 Å². The van der Waals surface area contributed by atoms with Crippen molar-refractivity contribution in [2.45, 2.75) is 25.9 Å². The average molecular weight is 552 g/mol. The SMILES string of the molecule is Cc1cc([C@@H]2[C@@H](c3ccccn3)NC(=S)N2c2ccc(NS(C)(=O)=O)cc2)c(C)n1-c1ccccc1Cl. The molecule has 7 nitrogen and oxygen atoms in total. The molecule has 2 N–H and O–H groups in total. The van der Waals surface area contributed by atoms with Gasteiger partial charge in [0.25, 0.3) is 0 Å². The number of para-hydroxylation sites is 1.